The second kappa shape index (κ2) is 6.28. The summed E-state index contributed by atoms with van der Waals surface area (Å²) < 4.78 is 1.81. The lowest BCUT2D eigenvalue weighted by atomic mass is 10.5. The maximum Gasteiger partial charge on any atom is 0.229 e. The molecule has 0 saturated carbocycles. The molecule has 2 heterocycles. The van der Waals surface area contributed by atoms with Gasteiger partial charge in [-0.25, -0.2) is 0 Å². The molecule has 2 aromatic rings. The summed E-state index contributed by atoms with van der Waals surface area (Å²) in [6, 6.07) is 0. The highest BCUT2D eigenvalue weighted by molar-refractivity contribution is 6.28. The third-order valence-electron chi connectivity index (χ3n) is 2.35. The van der Waals surface area contributed by atoms with E-state index in [0.717, 1.165) is 18.8 Å². The van der Waals surface area contributed by atoms with Crippen LogP contribution in [0.15, 0.2) is 6.33 Å². The molecule has 0 bridgehead atoms. The van der Waals surface area contributed by atoms with Crippen molar-refractivity contribution in [2.75, 3.05) is 17.2 Å². The van der Waals surface area contributed by atoms with Gasteiger partial charge in [0.05, 0.1) is 6.54 Å². The Hall–Kier alpha value is -1.96. The second-order valence-electron chi connectivity index (χ2n) is 3.89. The molecule has 2 N–H and O–H groups in total. The molecule has 0 radical (unpaired) electrons. The molecule has 19 heavy (non-hydrogen) atoms. The second-order valence-corrected chi connectivity index (χ2v) is 4.23. The summed E-state index contributed by atoms with van der Waals surface area (Å²) in [5, 5.41) is 14.0. The number of halogens is 1. The average molecular weight is 283 g/mol. The van der Waals surface area contributed by atoms with Crippen molar-refractivity contribution in [3.05, 3.63) is 17.4 Å². The van der Waals surface area contributed by atoms with Crippen LogP contribution in [-0.4, -0.2) is 36.3 Å². The highest BCUT2D eigenvalue weighted by atomic mass is 35.5. The maximum atomic E-state index is 5.85. The van der Waals surface area contributed by atoms with E-state index in [2.05, 4.69) is 42.7 Å². The molecule has 0 aliphatic carbocycles. The topological polar surface area (TPSA) is 93.4 Å². The summed E-state index contributed by atoms with van der Waals surface area (Å²) >= 11 is 5.85. The monoisotopic (exact) mass is 282 g/mol. The Kier molecular flexibility index (Phi) is 4.45. The van der Waals surface area contributed by atoms with Gasteiger partial charge < -0.3 is 15.2 Å². The Morgan fingerprint density at radius 3 is 2.58 bits per heavy atom. The average Bonchev–Trinajstić information content (AvgIpc) is 2.79. The van der Waals surface area contributed by atoms with Crippen LogP contribution in [0.1, 0.15) is 19.2 Å². The molecule has 0 fully saturated rings. The summed E-state index contributed by atoms with van der Waals surface area (Å²) in [5.74, 6) is 1.64. The van der Waals surface area contributed by atoms with Crippen LogP contribution in [0.2, 0.25) is 5.28 Å². The molecule has 0 aliphatic heterocycles. The molecule has 0 spiro atoms. The van der Waals surface area contributed by atoms with Crippen LogP contribution in [-0.2, 0) is 13.6 Å². The van der Waals surface area contributed by atoms with Gasteiger partial charge in [-0.2, -0.15) is 15.0 Å². The minimum absolute atomic E-state index is 0.147. The van der Waals surface area contributed by atoms with Gasteiger partial charge in [-0.05, 0) is 18.0 Å². The smallest absolute Gasteiger partial charge is 0.229 e. The predicted molar refractivity (Wildman–Crippen MR) is 71.9 cm³/mol. The van der Waals surface area contributed by atoms with Crippen molar-refractivity contribution in [2.24, 2.45) is 7.05 Å². The molecular weight excluding hydrogens is 268 g/mol. The van der Waals surface area contributed by atoms with E-state index in [1.807, 2.05) is 11.6 Å². The van der Waals surface area contributed by atoms with Gasteiger partial charge in [-0.15, -0.1) is 10.2 Å². The van der Waals surface area contributed by atoms with Gasteiger partial charge in [0.2, 0.25) is 17.2 Å². The summed E-state index contributed by atoms with van der Waals surface area (Å²) in [4.78, 5) is 12.2. The lowest BCUT2D eigenvalue weighted by molar-refractivity contribution is 0.805. The number of nitrogens with zero attached hydrogens (tertiary/aromatic N) is 6. The van der Waals surface area contributed by atoms with Gasteiger partial charge in [-0.1, -0.05) is 6.92 Å². The van der Waals surface area contributed by atoms with Crippen LogP contribution >= 0.6 is 11.6 Å². The molecule has 0 atom stereocenters. The van der Waals surface area contributed by atoms with Crippen LogP contribution in [0.3, 0.4) is 0 Å². The number of hydrogen-bond donors (Lipinski definition) is 2. The fraction of sp³-hybridized carbons (Fsp3) is 0.500. The number of aromatic nitrogens is 6. The number of aryl methyl sites for hydroxylation is 1. The number of nitrogens with one attached hydrogen (secondary N) is 2. The van der Waals surface area contributed by atoms with Gasteiger partial charge in [0.15, 0.2) is 5.82 Å². The van der Waals surface area contributed by atoms with Gasteiger partial charge in [-0.3, -0.25) is 0 Å². The lowest BCUT2D eigenvalue weighted by Gasteiger charge is -2.07. The normalized spacial score (nSPS) is 10.5. The highest BCUT2D eigenvalue weighted by Crippen LogP contribution is 2.10. The number of rotatable bonds is 6. The Morgan fingerprint density at radius 1 is 1.21 bits per heavy atom. The fourth-order valence-corrected chi connectivity index (χ4v) is 1.53. The summed E-state index contributed by atoms with van der Waals surface area (Å²) in [6.45, 7) is 3.30. The summed E-state index contributed by atoms with van der Waals surface area (Å²) in [5.41, 5.74) is 0. The number of hydrogen-bond acceptors (Lipinski definition) is 7. The van der Waals surface area contributed by atoms with Crippen LogP contribution in [0, 0.1) is 0 Å². The van der Waals surface area contributed by atoms with Gasteiger partial charge in [0.25, 0.3) is 0 Å². The zero-order chi connectivity index (χ0) is 13.7. The molecule has 2 rings (SSSR count). The molecule has 0 amide bonds. The van der Waals surface area contributed by atoms with Crippen molar-refractivity contribution in [2.45, 2.75) is 19.9 Å². The van der Waals surface area contributed by atoms with Crippen LogP contribution in [0.25, 0.3) is 0 Å². The highest BCUT2D eigenvalue weighted by Gasteiger charge is 2.06. The first kappa shape index (κ1) is 13.5. The number of anilines is 2. The van der Waals surface area contributed by atoms with Crippen LogP contribution in [0.5, 0.6) is 0 Å². The molecule has 0 unspecified atom stereocenters. The summed E-state index contributed by atoms with van der Waals surface area (Å²) in [7, 11) is 1.87. The van der Waals surface area contributed by atoms with Crippen molar-refractivity contribution >= 4 is 23.5 Å². The first-order valence-corrected chi connectivity index (χ1v) is 6.29. The maximum absolute atomic E-state index is 5.85. The molecule has 9 heteroatoms. The molecule has 2 aromatic heterocycles. The Bertz CT molecular complexity index is 540. The van der Waals surface area contributed by atoms with Crippen LogP contribution in [0.4, 0.5) is 11.9 Å². The van der Waals surface area contributed by atoms with Crippen molar-refractivity contribution in [1.82, 2.24) is 29.7 Å². The molecule has 0 saturated heterocycles. The molecule has 8 nitrogen and oxygen atoms in total. The Morgan fingerprint density at radius 2 is 1.95 bits per heavy atom. The minimum Gasteiger partial charge on any atom is -0.354 e. The minimum atomic E-state index is 0.147. The Labute approximate surface area is 115 Å². The van der Waals surface area contributed by atoms with Crippen molar-refractivity contribution in [3.63, 3.8) is 0 Å². The van der Waals surface area contributed by atoms with E-state index in [1.54, 1.807) is 6.33 Å². The zero-order valence-electron chi connectivity index (χ0n) is 10.8. The van der Waals surface area contributed by atoms with Crippen LogP contribution < -0.4 is 10.6 Å². The lowest BCUT2D eigenvalue weighted by Crippen LogP contribution is -2.11. The molecule has 102 valence electrons. The fourth-order valence-electron chi connectivity index (χ4n) is 1.37. The summed E-state index contributed by atoms with van der Waals surface area (Å²) in [6.07, 6.45) is 2.61. The van der Waals surface area contributed by atoms with Crippen molar-refractivity contribution < 1.29 is 0 Å². The van der Waals surface area contributed by atoms with E-state index in [-0.39, 0.29) is 5.28 Å². The van der Waals surface area contributed by atoms with E-state index in [0.29, 0.717) is 18.4 Å². The Balaban J connectivity index is 2.03. The third kappa shape index (κ3) is 3.75. The van der Waals surface area contributed by atoms with E-state index in [9.17, 15) is 0 Å². The first-order chi connectivity index (χ1) is 9.19. The van der Waals surface area contributed by atoms with E-state index in [1.165, 1.54) is 0 Å². The SMILES string of the molecule is CCCNc1nc(Cl)nc(NCc2nncn2C)n1. The standard InChI is InChI=1S/C10H15ClN8/c1-3-4-12-9-15-8(11)16-10(17-9)13-5-7-18-14-6-19(7)2/h6H,3-5H2,1-2H3,(H2,12,13,15,16,17). The van der Waals surface area contributed by atoms with E-state index >= 15 is 0 Å². The van der Waals surface area contributed by atoms with Gasteiger partial charge >= 0.3 is 0 Å². The third-order valence-corrected chi connectivity index (χ3v) is 2.52. The van der Waals surface area contributed by atoms with E-state index in [4.69, 9.17) is 11.6 Å². The van der Waals surface area contributed by atoms with Gasteiger partial charge in [0, 0.05) is 13.6 Å². The predicted octanol–water partition coefficient (Wildman–Crippen LogP) is 1.09. The molecular formula is C10H15ClN8. The molecule has 0 aliphatic rings. The molecule has 0 aromatic carbocycles. The largest absolute Gasteiger partial charge is 0.354 e. The quantitative estimate of drug-likeness (QED) is 0.819. The van der Waals surface area contributed by atoms with Gasteiger partial charge in [0.1, 0.15) is 6.33 Å². The van der Waals surface area contributed by atoms with Crippen molar-refractivity contribution in [1.29, 1.82) is 0 Å². The first-order valence-electron chi connectivity index (χ1n) is 5.91. The zero-order valence-corrected chi connectivity index (χ0v) is 11.5. The van der Waals surface area contributed by atoms with E-state index < -0.39 is 0 Å². The van der Waals surface area contributed by atoms with Crippen molar-refractivity contribution in [3.8, 4) is 0 Å².